The van der Waals surface area contributed by atoms with Crippen molar-refractivity contribution in [2.24, 2.45) is 17.8 Å². The minimum absolute atomic E-state index is 0. The smallest absolute Gasteiger partial charge is 0.509 e. The number of nitrogens with zero attached hydrogens (tertiary/aromatic N) is 4. The number of aromatic nitrogens is 4. The second-order valence-corrected chi connectivity index (χ2v) is 16.1. The van der Waals surface area contributed by atoms with Crippen molar-refractivity contribution in [2.75, 3.05) is 0 Å². The van der Waals surface area contributed by atoms with Crippen LogP contribution in [0.15, 0.2) is 85.3 Å². The van der Waals surface area contributed by atoms with Gasteiger partial charge >= 0.3 is 21.1 Å². The molecule has 0 unspecified atom stereocenters. The first-order valence-electron chi connectivity index (χ1n) is 19.9. The first kappa shape index (κ1) is 40.2. The molecule has 3 heterocycles. The number of hydrogen-bond donors (Lipinski definition) is 0. The molecule has 7 aromatic rings. The van der Waals surface area contributed by atoms with Gasteiger partial charge in [0.1, 0.15) is 5.82 Å². The average Bonchev–Trinajstić information content (AvgIpc) is 3.75. The first-order chi connectivity index (χ1) is 26.1. The van der Waals surface area contributed by atoms with E-state index in [1.54, 1.807) is 16.7 Å². The molecule has 6 heteroatoms. The summed E-state index contributed by atoms with van der Waals surface area (Å²) in [5.74, 6) is 3.84. The fourth-order valence-electron chi connectivity index (χ4n) is 8.27. The molecule has 0 aliphatic heterocycles. The molecule has 4 aromatic carbocycles. The summed E-state index contributed by atoms with van der Waals surface area (Å²) in [5, 5.41) is 7.20. The third-order valence-corrected chi connectivity index (χ3v) is 10.4. The summed E-state index contributed by atoms with van der Waals surface area (Å²) in [6, 6.07) is 29.7. The number of hydrogen-bond acceptors (Lipinski definition) is 3. The molecular formula is C49H54N4OPt. The van der Waals surface area contributed by atoms with Crippen LogP contribution in [0.4, 0.5) is 0 Å². The van der Waals surface area contributed by atoms with Crippen molar-refractivity contribution >= 4 is 21.8 Å². The molecule has 5 nitrogen and oxygen atoms in total. The molecule has 0 radical (unpaired) electrons. The largest absolute Gasteiger partial charge is 2.00 e. The zero-order valence-electron chi connectivity index (χ0n) is 33.9. The summed E-state index contributed by atoms with van der Waals surface area (Å²) in [6.07, 6.45) is 11.4. The maximum absolute atomic E-state index is 6.49. The monoisotopic (exact) mass is 909 g/mol. The van der Waals surface area contributed by atoms with Crippen LogP contribution in [0, 0.1) is 36.8 Å². The van der Waals surface area contributed by atoms with Gasteiger partial charge in [0.2, 0.25) is 0 Å². The second kappa shape index (κ2) is 17.1. The van der Waals surface area contributed by atoms with E-state index in [-0.39, 0.29) is 21.1 Å². The third-order valence-electron chi connectivity index (χ3n) is 10.4. The van der Waals surface area contributed by atoms with Gasteiger partial charge in [-0.25, -0.2) is 4.98 Å². The summed E-state index contributed by atoms with van der Waals surface area (Å²) >= 11 is 0. The molecule has 3 aromatic heterocycles. The Morgan fingerprint density at radius 3 is 1.96 bits per heavy atom. The summed E-state index contributed by atoms with van der Waals surface area (Å²) in [5.41, 5.74) is 14.3. The molecular weight excluding hydrogens is 856 g/mol. The summed E-state index contributed by atoms with van der Waals surface area (Å²) < 4.78 is 10.6. The average molecular weight is 910 g/mol. The van der Waals surface area contributed by atoms with Gasteiger partial charge in [0.15, 0.2) is 0 Å². The summed E-state index contributed by atoms with van der Waals surface area (Å²) in [4.78, 5) is 4.72. The molecule has 0 spiro atoms. The van der Waals surface area contributed by atoms with Crippen molar-refractivity contribution in [1.29, 1.82) is 0 Å². The summed E-state index contributed by atoms with van der Waals surface area (Å²) in [6.45, 7) is 20.9. The molecule has 0 bridgehead atoms. The van der Waals surface area contributed by atoms with Gasteiger partial charge in [-0.15, -0.1) is 35.7 Å². The molecule has 55 heavy (non-hydrogen) atoms. The van der Waals surface area contributed by atoms with E-state index in [1.165, 1.54) is 22.3 Å². The normalized spacial score (nSPS) is 11.7. The Balaban J connectivity index is 0.00000514. The van der Waals surface area contributed by atoms with E-state index in [2.05, 4.69) is 128 Å². The Kier molecular flexibility index (Phi) is 12.5. The van der Waals surface area contributed by atoms with Crippen molar-refractivity contribution in [1.82, 2.24) is 19.3 Å². The molecule has 0 saturated heterocycles. The quantitative estimate of drug-likeness (QED) is 0.108. The van der Waals surface area contributed by atoms with Gasteiger partial charge < -0.3 is 9.30 Å². The maximum Gasteiger partial charge on any atom is 2.00 e. The fraction of sp³-hybridized carbons (Fsp3) is 0.347. The van der Waals surface area contributed by atoms with E-state index in [1.807, 2.05) is 41.2 Å². The van der Waals surface area contributed by atoms with Gasteiger partial charge in [-0.2, -0.15) is 17.2 Å². The summed E-state index contributed by atoms with van der Waals surface area (Å²) in [7, 11) is 0. The maximum atomic E-state index is 6.49. The Hall–Kier alpha value is -4.47. The number of para-hydroxylation sites is 1. The molecule has 0 aliphatic rings. The number of aryl methyl sites for hydroxylation is 1. The van der Waals surface area contributed by atoms with E-state index in [9.17, 15) is 0 Å². The van der Waals surface area contributed by atoms with Crippen molar-refractivity contribution in [3.8, 4) is 34.1 Å². The molecule has 0 amide bonds. The molecule has 286 valence electrons. The Labute approximate surface area is 342 Å². The van der Waals surface area contributed by atoms with E-state index >= 15 is 0 Å². The van der Waals surface area contributed by atoms with E-state index in [0.29, 0.717) is 29.3 Å². The van der Waals surface area contributed by atoms with Crippen LogP contribution in [0.1, 0.15) is 88.8 Å². The van der Waals surface area contributed by atoms with Crippen LogP contribution >= 0.6 is 0 Å². The van der Waals surface area contributed by atoms with Crippen LogP contribution in [0.25, 0.3) is 44.4 Å². The number of fused-ring (bicyclic) bond motifs is 3. The Bertz CT molecular complexity index is 2390. The van der Waals surface area contributed by atoms with Gasteiger partial charge in [-0.1, -0.05) is 79.1 Å². The van der Waals surface area contributed by atoms with Gasteiger partial charge in [0.05, 0.1) is 6.20 Å². The van der Waals surface area contributed by atoms with Crippen molar-refractivity contribution in [3.63, 3.8) is 0 Å². The first-order valence-corrected chi connectivity index (χ1v) is 19.9. The van der Waals surface area contributed by atoms with Crippen molar-refractivity contribution in [2.45, 2.75) is 94.4 Å². The zero-order valence-corrected chi connectivity index (χ0v) is 36.1. The molecule has 0 N–H and O–H groups in total. The van der Waals surface area contributed by atoms with Crippen LogP contribution in [0.3, 0.4) is 0 Å². The van der Waals surface area contributed by atoms with E-state index < -0.39 is 0 Å². The van der Waals surface area contributed by atoms with Crippen LogP contribution < -0.4 is 4.74 Å². The van der Waals surface area contributed by atoms with E-state index in [0.717, 1.165) is 71.0 Å². The molecule has 0 aliphatic carbocycles. The number of pyridine rings is 1. The second-order valence-electron chi connectivity index (χ2n) is 16.1. The molecule has 0 saturated carbocycles. The van der Waals surface area contributed by atoms with Crippen LogP contribution in [0.2, 0.25) is 0 Å². The molecule has 7 rings (SSSR count). The van der Waals surface area contributed by atoms with Crippen LogP contribution in [0.5, 0.6) is 11.5 Å². The van der Waals surface area contributed by atoms with Gasteiger partial charge in [-0.3, -0.25) is 4.68 Å². The topological polar surface area (TPSA) is 44.9 Å². The van der Waals surface area contributed by atoms with Gasteiger partial charge in [0, 0.05) is 35.0 Å². The number of benzene rings is 4. The van der Waals surface area contributed by atoms with Crippen molar-refractivity contribution < 1.29 is 25.8 Å². The van der Waals surface area contributed by atoms with Gasteiger partial charge in [0.25, 0.3) is 0 Å². The van der Waals surface area contributed by atoms with Crippen LogP contribution in [-0.4, -0.2) is 19.3 Å². The predicted octanol–water partition coefficient (Wildman–Crippen LogP) is 12.5. The Morgan fingerprint density at radius 2 is 1.33 bits per heavy atom. The number of ether oxygens (including phenoxy) is 1. The minimum atomic E-state index is 0. The SMILES string of the molecule is CCc1c(CC(C)C)c(CC(C)C)c(CC(C)C)c(CC)c1-c1cnn(-c2[c-]c(Oc3[c-]c4c(cc3)c3ccccc3n4-c3cc(C)ccn3)ccc2)c1.[Pt+2]. The molecule has 0 atom stereocenters. The van der Waals surface area contributed by atoms with E-state index in [4.69, 9.17) is 14.8 Å². The van der Waals surface area contributed by atoms with Crippen molar-refractivity contribution in [3.05, 3.63) is 131 Å². The van der Waals surface area contributed by atoms with Gasteiger partial charge in [-0.05, 0) is 125 Å². The predicted molar refractivity (Wildman–Crippen MR) is 224 cm³/mol. The van der Waals surface area contributed by atoms with Crippen LogP contribution in [-0.2, 0) is 53.2 Å². The molecule has 0 fully saturated rings. The minimum Gasteiger partial charge on any atom is -0.509 e. The Morgan fingerprint density at radius 1 is 0.691 bits per heavy atom. The number of rotatable bonds is 13. The fourth-order valence-corrected chi connectivity index (χ4v) is 8.27. The third kappa shape index (κ3) is 8.24. The zero-order chi connectivity index (χ0) is 38.1. The standard InChI is InChI=1S/C49H54N4O.Pt/c1-10-39-43(23-31(3)4)45(25-33(7)8)44(24-32(5)6)40(11-2)49(39)35-29-51-52(30-35)36-15-14-16-37(27-36)54-38-19-20-42-41-17-12-13-18-46(41)53(47(42)28-38)48-26-34(9)21-22-50-48;/h12-22,26,29-33H,10-11,23-25H2,1-9H3;/q-2;+2.